The molecule has 1 aromatic rings. The van der Waals surface area contributed by atoms with Crippen molar-refractivity contribution in [1.29, 1.82) is 0 Å². The first-order valence-electron chi connectivity index (χ1n) is 6.29. The lowest BCUT2D eigenvalue weighted by Crippen LogP contribution is -2.37. The lowest BCUT2D eigenvalue weighted by atomic mass is 9.90. The average Bonchev–Trinajstić information content (AvgIpc) is 2.35. The van der Waals surface area contributed by atoms with Crippen molar-refractivity contribution in [3.63, 3.8) is 0 Å². The molecule has 1 aromatic carbocycles. The summed E-state index contributed by atoms with van der Waals surface area (Å²) in [6.07, 6.45) is 0.609. The fourth-order valence-electron chi connectivity index (χ4n) is 1.52. The summed E-state index contributed by atoms with van der Waals surface area (Å²) in [6.45, 7) is 4.32. The highest BCUT2D eigenvalue weighted by Gasteiger charge is 2.18. The number of carbonyl (C=O) groups excluding carboxylic acids is 1. The molecule has 112 valence electrons. The smallest absolute Gasteiger partial charge is 0.257 e. The Morgan fingerprint density at radius 2 is 2.20 bits per heavy atom. The molecule has 0 saturated carbocycles. The first-order chi connectivity index (χ1) is 9.34. The minimum atomic E-state index is -0.376. The Hall–Kier alpha value is -1.14. The van der Waals surface area contributed by atoms with Gasteiger partial charge in [-0.1, -0.05) is 13.8 Å². The van der Waals surface area contributed by atoms with Gasteiger partial charge in [0.2, 0.25) is 0 Å². The molecule has 0 spiro atoms. The second-order valence-electron chi connectivity index (χ2n) is 5.28. The van der Waals surface area contributed by atoms with E-state index in [2.05, 4.69) is 21.2 Å². The SMILES string of the molecule is CC(C)(CCO)CNC(=O)COc1ccc(F)cc1Br. The maximum atomic E-state index is 12.9. The maximum Gasteiger partial charge on any atom is 0.257 e. The van der Waals surface area contributed by atoms with E-state index in [1.54, 1.807) is 0 Å². The molecule has 0 radical (unpaired) electrons. The lowest BCUT2D eigenvalue weighted by molar-refractivity contribution is -0.123. The minimum Gasteiger partial charge on any atom is -0.483 e. The molecule has 1 rings (SSSR count). The highest BCUT2D eigenvalue weighted by atomic mass is 79.9. The van der Waals surface area contributed by atoms with Crippen LogP contribution in [0.5, 0.6) is 5.75 Å². The molecule has 0 aliphatic carbocycles. The van der Waals surface area contributed by atoms with E-state index in [9.17, 15) is 9.18 Å². The van der Waals surface area contributed by atoms with Crippen LogP contribution in [-0.4, -0.2) is 30.8 Å². The zero-order chi connectivity index (χ0) is 15.2. The van der Waals surface area contributed by atoms with E-state index < -0.39 is 0 Å². The number of carbonyl (C=O) groups is 1. The van der Waals surface area contributed by atoms with Crippen LogP contribution in [0.3, 0.4) is 0 Å². The van der Waals surface area contributed by atoms with Crippen molar-refractivity contribution in [1.82, 2.24) is 5.32 Å². The summed E-state index contributed by atoms with van der Waals surface area (Å²) in [4.78, 5) is 11.7. The molecule has 1 amide bonds. The van der Waals surface area contributed by atoms with Gasteiger partial charge in [0.25, 0.3) is 5.91 Å². The first-order valence-corrected chi connectivity index (χ1v) is 7.09. The molecule has 0 aliphatic rings. The second kappa shape index (κ2) is 7.59. The van der Waals surface area contributed by atoms with Crippen molar-refractivity contribution >= 4 is 21.8 Å². The van der Waals surface area contributed by atoms with Gasteiger partial charge in [0.15, 0.2) is 6.61 Å². The van der Waals surface area contributed by atoms with Crippen molar-refractivity contribution in [2.45, 2.75) is 20.3 Å². The number of hydrogen-bond acceptors (Lipinski definition) is 3. The molecule has 0 atom stereocenters. The Bertz CT molecular complexity index is 466. The molecule has 0 unspecified atom stereocenters. The van der Waals surface area contributed by atoms with Crippen molar-refractivity contribution in [3.05, 3.63) is 28.5 Å². The van der Waals surface area contributed by atoms with Crippen LogP contribution >= 0.6 is 15.9 Å². The van der Waals surface area contributed by atoms with E-state index in [-0.39, 0.29) is 30.4 Å². The van der Waals surface area contributed by atoms with E-state index in [0.717, 1.165) is 0 Å². The molecule has 0 saturated heterocycles. The number of nitrogens with one attached hydrogen (secondary N) is 1. The predicted molar refractivity (Wildman–Crippen MR) is 78.1 cm³/mol. The number of aliphatic hydroxyl groups is 1. The largest absolute Gasteiger partial charge is 0.483 e. The van der Waals surface area contributed by atoms with Gasteiger partial charge in [-0.3, -0.25) is 4.79 Å². The number of ether oxygens (including phenoxy) is 1. The Morgan fingerprint density at radius 1 is 1.50 bits per heavy atom. The zero-order valence-corrected chi connectivity index (χ0v) is 13.2. The van der Waals surface area contributed by atoms with Crippen LogP contribution in [0.4, 0.5) is 4.39 Å². The van der Waals surface area contributed by atoms with E-state index >= 15 is 0 Å². The molecule has 0 fully saturated rings. The zero-order valence-electron chi connectivity index (χ0n) is 11.6. The van der Waals surface area contributed by atoms with Gasteiger partial charge in [-0.15, -0.1) is 0 Å². The van der Waals surface area contributed by atoms with Crippen molar-refractivity contribution in [2.24, 2.45) is 5.41 Å². The Balaban J connectivity index is 2.40. The normalized spacial score (nSPS) is 11.2. The third-order valence-electron chi connectivity index (χ3n) is 2.81. The lowest BCUT2D eigenvalue weighted by Gasteiger charge is -2.23. The molecule has 6 heteroatoms. The number of aliphatic hydroxyl groups excluding tert-OH is 1. The van der Waals surface area contributed by atoms with Gasteiger partial charge in [0, 0.05) is 13.2 Å². The van der Waals surface area contributed by atoms with Gasteiger partial charge in [-0.2, -0.15) is 0 Å². The fraction of sp³-hybridized carbons (Fsp3) is 0.500. The van der Waals surface area contributed by atoms with E-state index in [0.29, 0.717) is 23.2 Å². The monoisotopic (exact) mass is 347 g/mol. The number of halogens is 2. The van der Waals surface area contributed by atoms with Crippen LogP contribution in [0.1, 0.15) is 20.3 Å². The molecule has 0 aliphatic heterocycles. The molecule has 2 N–H and O–H groups in total. The molecule has 0 heterocycles. The van der Waals surface area contributed by atoms with Crippen LogP contribution in [0.2, 0.25) is 0 Å². The van der Waals surface area contributed by atoms with Gasteiger partial charge in [-0.25, -0.2) is 4.39 Å². The van der Waals surface area contributed by atoms with Crippen molar-refractivity contribution in [2.75, 3.05) is 19.8 Å². The molecule has 20 heavy (non-hydrogen) atoms. The van der Waals surface area contributed by atoms with Gasteiger partial charge < -0.3 is 15.2 Å². The fourth-order valence-corrected chi connectivity index (χ4v) is 1.98. The van der Waals surface area contributed by atoms with E-state index in [1.807, 2.05) is 13.8 Å². The Labute approximate surface area is 126 Å². The highest BCUT2D eigenvalue weighted by Crippen LogP contribution is 2.25. The van der Waals surface area contributed by atoms with Gasteiger partial charge in [0.05, 0.1) is 4.47 Å². The minimum absolute atomic E-state index is 0.0852. The summed E-state index contributed by atoms with van der Waals surface area (Å²) < 4.78 is 18.7. The van der Waals surface area contributed by atoms with Crippen LogP contribution in [-0.2, 0) is 4.79 Å². The summed E-state index contributed by atoms with van der Waals surface area (Å²) in [5.74, 6) is -0.220. The average molecular weight is 348 g/mol. The number of hydrogen-bond donors (Lipinski definition) is 2. The van der Waals surface area contributed by atoms with E-state index in [4.69, 9.17) is 9.84 Å². The number of amides is 1. The first kappa shape index (κ1) is 16.9. The van der Waals surface area contributed by atoms with Crippen LogP contribution in [0, 0.1) is 11.2 Å². The van der Waals surface area contributed by atoms with Crippen LogP contribution in [0.15, 0.2) is 22.7 Å². The maximum absolute atomic E-state index is 12.9. The van der Waals surface area contributed by atoms with Crippen LogP contribution < -0.4 is 10.1 Å². The van der Waals surface area contributed by atoms with Crippen molar-refractivity contribution < 1.29 is 19.0 Å². The molecule has 0 aromatic heterocycles. The third-order valence-corrected chi connectivity index (χ3v) is 3.43. The Kier molecular flexibility index (Phi) is 6.42. The Morgan fingerprint density at radius 3 is 2.80 bits per heavy atom. The quantitative estimate of drug-likeness (QED) is 0.796. The molecular weight excluding hydrogens is 329 g/mol. The van der Waals surface area contributed by atoms with Crippen LogP contribution in [0.25, 0.3) is 0 Å². The topological polar surface area (TPSA) is 58.6 Å². The van der Waals surface area contributed by atoms with Crippen molar-refractivity contribution in [3.8, 4) is 5.75 Å². The number of rotatable bonds is 7. The predicted octanol–water partition coefficient (Wildman–Crippen LogP) is 2.49. The van der Waals surface area contributed by atoms with Gasteiger partial charge in [0.1, 0.15) is 11.6 Å². The summed E-state index contributed by atoms with van der Waals surface area (Å²) in [6, 6.07) is 4.00. The van der Waals surface area contributed by atoms with Gasteiger partial charge in [-0.05, 0) is 46.0 Å². The summed E-state index contributed by atoms with van der Waals surface area (Å²) in [7, 11) is 0. The van der Waals surface area contributed by atoms with E-state index in [1.165, 1.54) is 18.2 Å². The summed E-state index contributed by atoms with van der Waals surface area (Å²) >= 11 is 3.16. The molecule has 0 bridgehead atoms. The third kappa shape index (κ3) is 5.88. The van der Waals surface area contributed by atoms with Gasteiger partial charge >= 0.3 is 0 Å². The summed E-state index contributed by atoms with van der Waals surface area (Å²) in [5.41, 5.74) is -0.166. The number of benzene rings is 1. The standard InChI is InChI=1S/C14H19BrFNO3/c1-14(2,5-6-18)9-17-13(19)8-20-12-4-3-10(16)7-11(12)15/h3-4,7,18H,5-6,8-9H2,1-2H3,(H,17,19). The highest BCUT2D eigenvalue weighted by molar-refractivity contribution is 9.10. The second-order valence-corrected chi connectivity index (χ2v) is 6.13. The summed E-state index contributed by atoms with van der Waals surface area (Å²) in [5, 5.41) is 11.6. The molecular formula is C14H19BrFNO3. The molecule has 4 nitrogen and oxygen atoms in total.